The van der Waals surface area contributed by atoms with Crippen molar-refractivity contribution in [2.75, 3.05) is 18.0 Å². The predicted octanol–water partition coefficient (Wildman–Crippen LogP) is 1.91. The zero-order valence-electron chi connectivity index (χ0n) is 14.3. The molecular weight excluding hydrogens is 354 g/mol. The molecule has 4 rings (SSSR count). The molecule has 0 bridgehead atoms. The summed E-state index contributed by atoms with van der Waals surface area (Å²) >= 11 is 1.34. The van der Waals surface area contributed by atoms with Crippen molar-refractivity contribution in [3.63, 3.8) is 0 Å². The fraction of sp³-hybridized carbons (Fsp3) is 0.412. The highest BCUT2D eigenvalue weighted by molar-refractivity contribution is 7.20. The lowest BCUT2D eigenvalue weighted by Gasteiger charge is -2.30. The molecule has 8 nitrogen and oxygen atoms in total. The Morgan fingerprint density at radius 1 is 1.50 bits per heavy atom. The van der Waals surface area contributed by atoms with Crippen molar-refractivity contribution in [1.82, 2.24) is 19.9 Å². The second-order valence-corrected chi connectivity index (χ2v) is 7.45. The summed E-state index contributed by atoms with van der Waals surface area (Å²) in [5, 5.41) is 8.09. The number of nitrogens with zero attached hydrogens (tertiary/aromatic N) is 4. The minimum absolute atomic E-state index is 0.180. The van der Waals surface area contributed by atoms with Crippen molar-refractivity contribution >= 4 is 27.3 Å². The summed E-state index contributed by atoms with van der Waals surface area (Å²) in [6, 6.07) is 4.74. The minimum Gasteiger partial charge on any atom is -0.467 e. The van der Waals surface area contributed by atoms with Crippen molar-refractivity contribution in [3.8, 4) is 0 Å². The van der Waals surface area contributed by atoms with E-state index in [1.165, 1.54) is 28.3 Å². The molecular formula is C17H19N5O3S. The largest absolute Gasteiger partial charge is 0.467 e. The molecule has 1 aliphatic rings. The third kappa shape index (κ3) is 3.34. The van der Waals surface area contributed by atoms with Crippen LogP contribution in [0.25, 0.3) is 4.96 Å². The van der Waals surface area contributed by atoms with Gasteiger partial charge in [0.2, 0.25) is 10.1 Å². The summed E-state index contributed by atoms with van der Waals surface area (Å²) in [5.41, 5.74) is -0.269. The maximum absolute atomic E-state index is 12.6. The first-order valence-electron chi connectivity index (χ1n) is 8.56. The number of rotatable bonds is 4. The molecule has 0 radical (unpaired) electrons. The van der Waals surface area contributed by atoms with Gasteiger partial charge in [0.25, 0.3) is 11.5 Å². The van der Waals surface area contributed by atoms with Gasteiger partial charge < -0.3 is 14.6 Å². The minimum atomic E-state index is -0.449. The van der Waals surface area contributed by atoms with E-state index in [1.54, 1.807) is 18.4 Å². The van der Waals surface area contributed by atoms with Crippen LogP contribution in [0, 0.1) is 5.92 Å². The van der Waals surface area contributed by atoms with E-state index in [-0.39, 0.29) is 18.1 Å². The summed E-state index contributed by atoms with van der Waals surface area (Å²) in [4.78, 5) is 31.1. The van der Waals surface area contributed by atoms with Gasteiger partial charge in [-0.2, -0.15) is 9.50 Å². The van der Waals surface area contributed by atoms with Crippen LogP contribution in [0.5, 0.6) is 0 Å². The Kier molecular flexibility index (Phi) is 4.46. The topological polar surface area (TPSA) is 92.7 Å². The summed E-state index contributed by atoms with van der Waals surface area (Å²) < 4.78 is 6.67. The molecule has 1 aliphatic heterocycles. The maximum atomic E-state index is 12.6. The van der Waals surface area contributed by atoms with Gasteiger partial charge in [0.15, 0.2) is 0 Å². The average molecular weight is 373 g/mol. The predicted molar refractivity (Wildman–Crippen MR) is 97.6 cm³/mol. The van der Waals surface area contributed by atoms with E-state index >= 15 is 0 Å². The van der Waals surface area contributed by atoms with E-state index in [1.807, 2.05) is 0 Å². The zero-order valence-corrected chi connectivity index (χ0v) is 15.2. The second-order valence-electron chi connectivity index (χ2n) is 6.51. The molecule has 0 aromatic carbocycles. The van der Waals surface area contributed by atoms with E-state index < -0.39 is 5.56 Å². The Balaban J connectivity index is 1.63. The van der Waals surface area contributed by atoms with Crippen LogP contribution < -0.4 is 15.8 Å². The summed E-state index contributed by atoms with van der Waals surface area (Å²) in [6.45, 7) is 4.30. The monoisotopic (exact) mass is 373 g/mol. The number of anilines is 1. The molecule has 1 amide bonds. The van der Waals surface area contributed by atoms with Crippen LogP contribution in [0.2, 0.25) is 0 Å². The number of carbonyl (C=O) groups is 1. The molecule has 3 aromatic rings. The Hall–Kier alpha value is -2.68. The number of aromatic nitrogens is 3. The molecule has 3 aromatic heterocycles. The van der Waals surface area contributed by atoms with Gasteiger partial charge in [0.05, 0.1) is 12.8 Å². The summed E-state index contributed by atoms with van der Waals surface area (Å²) in [7, 11) is 0. The third-order valence-electron chi connectivity index (χ3n) is 4.41. The van der Waals surface area contributed by atoms with Crippen molar-refractivity contribution in [2.24, 2.45) is 5.92 Å². The summed E-state index contributed by atoms with van der Waals surface area (Å²) in [5.74, 6) is 0.844. The second kappa shape index (κ2) is 6.91. The number of piperidine rings is 1. The maximum Gasteiger partial charge on any atom is 0.274 e. The number of furan rings is 1. The van der Waals surface area contributed by atoms with Gasteiger partial charge >= 0.3 is 0 Å². The van der Waals surface area contributed by atoms with Gasteiger partial charge in [-0.15, -0.1) is 5.10 Å². The number of fused-ring (bicyclic) bond motifs is 1. The first-order valence-corrected chi connectivity index (χ1v) is 9.38. The Morgan fingerprint density at radius 2 is 2.38 bits per heavy atom. The highest BCUT2D eigenvalue weighted by Gasteiger charge is 2.22. The molecule has 0 aliphatic carbocycles. The van der Waals surface area contributed by atoms with Gasteiger partial charge in [0, 0.05) is 19.2 Å². The number of carbonyl (C=O) groups excluding carboxylic acids is 1. The molecule has 1 saturated heterocycles. The molecule has 1 fully saturated rings. The Labute approximate surface area is 153 Å². The van der Waals surface area contributed by atoms with Crippen LogP contribution in [0.15, 0.2) is 33.7 Å². The standard InChI is InChI=1S/C17H19N5O3S/c1-11-4-2-6-21(10-11)17-20-22-13(8-14(23)19-16(22)26-17)15(24)18-9-12-5-3-7-25-12/h3,5,7-8,11H,2,4,6,9-10H2,1H3,(H,18,24)/t11-/m0/s1. The van der Waals surface area contributed by atoms with E-state index in [2.05, 4.69) is 27.2 Å². The lowest BCUT2D eigenvalue weighted by Crippen LogP contribution is -2.34. The Bertz CT molecular complexity index is 978. The van der Waals surface area contributed by atoms with Crippen LogP contribution in [0.3, 0.4) is 0 Å². The van der Waals surface area contributed by atoms with E-state index in [9.17, 15) is 9.59 Å². The van der Waals surface area contributed by atoms with Crippen molar-refractivity contribution in [3.05, 3.63) is 46.3 Å². The van der Waals surface area contributed by atoms with E-state index in [0.29, 0.717) is 16.6 Å². The fourth-order valence-electron chi connectivity index (χ4n) is 3.13. The van der Waals surface area contributed by atoms with Gasteiger partial charge in [-0.25, -0.2) is 0 Å². The highest BCUT2D eigenvalue weighted by atomic mass is 32.1. The van der Waals surface area contributed by atoms with E-state index in [0.717, 1.165) is 24.6 Å². The molecule has 1 N–H and O–H groups in total. The molecule has 136 valence electrons. The normalized spacial score (nSPS) is 17.6. The van der Waals surface area contributed by atoms with Crippen molar-refractivity contribution < 1.29 is 9.21 Å². The first-order chi connectivity index (χ1) is 12.6. The zero-order chi connectivity index (χ0) is 18.1. The molecule has 9 heteroatoms. The summed E-state index contributed by atoms with van der Waals surface area (Å²) in [6.07, 6.45) is 3.86. The molecule has 1 atom stereocenters. The number of amides is 1. The smallest absolute Gasteiger partial charge is 0.274 e. The third-order valence-corrected chi connectivity index (χ3v) is 5.38. The molecule has 0 spiro atoms. The Morgan fingerprint density at radius 3 is 3.15 bits per heavy atom. The first kappa shape index (κ1) is 16.8. The SMILES string of the molecule is C[C@H]1CCCN(c2nn3c(C(=O)NCc4ccco4)cc(=O)nc3s2)C1. The molecule has 0 unspecified atom stereocenters. The van der Waals surface area contributed by atoms with Crippen LogP contribution >= 0.6 is 11.3 Å². The molecule has 4 heterocycles. The van der Waals surface area contributed by atoms with Crippen molar-refractivity contribution in [1.29, 1.82) is 0 Å². The van der Waals surface area contributed by atoms with Crippen LogP contribution in [0.4, 0.5) is 5.13 Å². The van der Waals surface area contributed by atoms with E-state index in [4.69, 9.17) is 4.42 Å². The lowest BCUT2D eigenvalue weighted by molar-refractivity contribution is 0.0940. The fourth-order valence-corrected chi connectivity index (χ4v) is 4.07. The average Bonchev–Trinajstić information content (AvgIpc) is 3.28. The van der Waals surface area contributed by atoms with Crippen molar-refractivity contribution in [2.45, 2.75) is 26.3 Å². The molecule has 0 saturated carbocycles. The van der Waals surface area contributed by atoms with Crippen LogP contribution in [-0.4, -0.2) is 33.6 Å². The van der Waals surface area contributed by atoms with Crippen LogP contribution in [0.1, 0.15) is 36.0 Å². The number of nitrogens with one attached hydrogen (secondary N) is 1. The van der Waals surface area contributed by atoms with Gasteiger partial charge in [-0.05, 0) is 30.9 Å². The van der Waals surface area contributed by atoms with Gasteiger partial charge in [0.1, 0.15) is 11.5 Å². The van der Waals surface area contributed by atoms with Crippen LogP contribution in [-0.2, 0) is 6.54 Å². The number of hydrogen-bond donors (Lipinski definition) is 1. The lowest BCUT2D eigenvalue weighted by atomic mass is 10.0. The number of hydrogen-bond acceptors (Lipinski definition) is 7. The van der Waals surface area contributed by atoms with Gasteiger partial charge in [-0.1, -0.05) is 18.3 Å². The quantitative estimate of drug-likeness (QED) is 0.751. The molecule has 26 heavy (non-hydrogen) atoms. The van der Waals surface area contributed by atoms with Gasteiger partial charge in [-0.3, -0.25) is 9.59 Å². The highest BCUT2D eigenvalue weighted by Crippen LogP contribution is 2.27.